The van der Waals surface area contributed by atoms with Crippen LogP contribution in [0.1, 0.15) is 39.5 Å². The lowest BCUT2D eigenvalue weighted by molar-refractivity contribution is -0.122. The number of carbonyl (C=O) groups is 1. The van der Waals surface area contributed by atoms with Crippen LogP contribution in [0.4, 0.5) is 5.69 Å². The first-order valence-electron chi connectivity index (χ1n) is 7.49. The Hall–Kier alpha value is -1.71. The van der Waals surface area contributed by atoms with Crippen molar-refractivity contribution in [2.45, 2.75) is 51.6 Å². The van der Waals surface area contributed by atoms with Crippen LogP contribution in [0.5, 0.6) is 5.75 Å². The molecule has 1 aromatic carbocycles. The first-order chi connectivity index (χ1) is 9.69. The molecule has 4 nitrogen and oxygen atoms in total. The number of nitrogens with one attached hydrogen (secondary N) is 2. The standard InChI is InChI=1S/C16H24N2O2/c1-3-20-15-10-8-14(9-11-15)17-12(2)16(19)18-13-6-4-5-7-13/h8-13,17H,3-7H2,1-2H3,(H,18,19). The van der Waals surface area contributed by atoms with E-state index in [9.17, 15) is 4.79 Å². The molecular formula is C16H24N2O2. The molecule has 4 heteroatoms. The van der Waals surface area contributed by atoms with Crippen molar-refractivity contribution >= 4 is 11.6 Å². The van der Waals surface area contributed by atoms with E-state index in [1.807, 2.05) is 38.1 Å². The van der Waals surface area contributed by atoms with Crippen LogP contribution in [0.25, 0.3) is 0 Å². The van der Waals surface area contributed by atoms with Gasteiger partial charge in [-0.2, -0.15) is 0 Å². The Balaban J connectivity index is 1.83. The normalized spacial score (nSPS) is 16.7. The minimum Gasteiger partial charge on any atom is -0.494 e. The Morgan fingerprint density at radius 2 is 1.95 bits per heavy atom. The van der Waals surface area contributed by atoms with E-state index < -0.39 is 0 Å². The van der Waals surface area contributed by atoms with E-state index in [1.165, 1.54) is 12.8 Å². The third kappa shape index (κ3) is 4.15. The van der Waals surface area contributed by atoms with E-state index in [-0.39, 0.29) is 11.9 Å². The highest BCUT2D eigenvalue weighted by atomic mass is 16.5. The van der Waals surface area contributed by atoms with Crippen LogP contribution < -0.4 is 15.4 Å². The predicted molar refractivity (Wildman–Crippen MR) is 81.1 cm³/mol. The summed E-state index contributed by atoms with van der Waals surface area (Å²) in [5, 5.41) is 6.32. The number of anilines is 1. The van der Waals surface area contributed by atoms with Crippen LogP contribution in [0.3, 0.4) is 0 Å². The Morgan fingerprint density at radius 3 is 2.55 bits per heavy atom. The average Bonchev–Trinajstić information content (AvgIpc) is 2.94. The van der Waals surface area contributed by atoms with E-state index in [2.05, 4.69) is 10.6 Å². The molecule has 1 fully saturated rings. The Labute approximate surface area is 120 Å². The first kappa shape index (κ1) is 14.7. The van der Waals surface area contributed by atoms with Gasteiger partial charge < -0.3 is 15.4 Å². The van der Waals surface area contributed by atoms with Crippen LogP contribution in [-0.4, -0.2) is 24.6 Å². The minimum atomic E-state index is -0.228. The lowest BCUT2D eigenvalue weighted by Crippen LogP contribution is -2.42. The smallest absolute Gasteiger partial charge is 0.242 e. The fraction of sp³-hybridized carbons (Fsp3) is 0.562. The monoisotopic (exact) mass is 276 g/mol. The van der Waals surface area contributed by atoms with Crippen molar-refractivity contribution in [2.24, 2.45) is 0 Å². The van der Waals surface area contributed by atoms with Gasteiger partial charge in [0.05, 0.1) is 6.61 Å². The highest BCUT2D eigenvalue weighted by Crippen LogP contribution is 2.19. The molecule has 1 unspecified atom stereocenters. The van der Waals surface area contributed by atoms with Crippen molar-refractivity contribution in [3.8, 4) is 5.75 Å². The lowest BCUT2D eigenvalue weighted by Gasteiger charge is -2.18. The van der Waals surface area contributed by atoms with Crippen LogP contribution in [0, 0.1) is 0 Å². The number of carbonyl (C=O) groups excluding carboxylic acids is 1. The minimum absolute atomic E-state index is 0.0748. The van der Waals surface area contributed by atoms with Gasteiger partial charge in [0.1, 0.15) is 11.8 Å². The van der Waals surface area contributed by atoms with Gasteiger partial charge in [-0.25, -0.2) is 0 Å². The van der Waals surface area contributed by atoms with Gasteiger partial charge >= 0.3 is 0 Å². The van der Waals surface area contributed by atoms with Gasteiger partial charge in [-0.05, 0) is 51.0 Å². The summed E-state index contributed by atoms with van der Waals surface area (Å²) in [5.74, 6) is 0.923. The van der Waals surface area contributed by atoms with Crippen LogP contribution >= 0.6 is 0 Å². The molecule has 0 aliphatic heterocycles. The first-order valence-corrected chi connectivity index (χ1v) is 7.49. The number of rotatable bonds is 6. The van der Waals surface area contributed by atoms with Gasteiger partial charge in [-0.15, -0.1) is 0 Å². The molecule has 20 heavy (non-hydrogen) atoms. The molecular weight excluding hydrogens is 252 g/mol. The molecule has 0 bridgehead atoms. The van der Waals surface area contributed by atoms with E-state index in [1.54, 1.807) is 0 Å². The number of hydrogen-bond acceptors (Lipinski definition) is 3. The maximum absolute atomic E-state index is 12.1. The molecule has 2 rings (SSSR count). The zero-order chi connectivity index (χ0) is 14.4. The fourth-order valence-electron chi connectivity index (χ4n) is 2.53. The van der Waals surface area contributed by atoms with Gasteiger partial charge in [-0.3, -0.25) is 4.79 Å². The summed E-state index contributed by atoms with van der Waals surface area (Å²) in [6.45, 7) is 4.51. The highest BCUT2D eigenvalue weighted by Gasteiger charge is 2.20. The summed E-state index contributed by atoms with van der Waals surface area (Å²) in [7, 11) is 0. The van der Waals surface area contributed by atoms with Crippen molar-refractivity contribution in [1.29, 1.82) is 0 Å². The molecule has 0 radical (unpaired) electrons. The molecule has 0 aromatic heterocycles. The Bertz CT molecular complexity index is 425. The van der Waals surface area contributed by atoms with Gasteiger partial charge in [0.25, 0.3) is 0 Å². The van der Waals surface area contributed by atoms with Gasteiger partial charge in [0, 0.05) is 11.7 Å². The largest absolute Gasteiger partial charge is 0.494 e. The quantitative estimate of drug-likeness (QED) is 0.840. The molecule has 110 valence electrons. The summed E-state index contributed by atoms with van der Waals surface area (Å²) >= 11 is 0. The topological polar surface area (TPSA) is 50.4 Å². The van der Waals surface area contributed by atoms with E-state index in [0.717, 1.165) is 24.3 Å². The lowest BCUT2D eigenvalue weighted by atomic mass is 10.2. The molecule has 1 aromatic rings. The molecule has 1 aliphatic carbocycles. The van der Waals surface area contributed by atoms with Crippen LogP contribution in [0.15, 0.2) is 24.3 Å². The van der Waals surface area contributed by atoms with Crippen LogP contribution in [-0.2, 0) is 4.79 Å². The predicted octanol–water partition coefficient (Wildman–Crippen LogP) is 2.94. The van der Waals surface area contributed by atoms with Gasteiger partial charge in [-0.1, -0.05) is 12.8 Å². The molecule has 1 saturated carbocycles. The van der Waals surface area contributed by atoms with Gasteiger partial charge in [0.15, 0.2) is 0 Å². The Kier molecular flexibility index (Phi) is 5.27. The summed E-state index contributed by atoms with van der Waals surface area (Å²) in [6.07, 6.45) is 4.68. The van der Waals surface area contributed by atoms with Gasteiger partial charge in [0.2, 0.25) is 5.91 Å². The van der Waals surface area contributed by atoms with Crippen molar-refractivity contribution in [1.82, 2.24) is 5.32 Å². The van der Waals surface area contributed by atoms with E-state index in [0.29, 0.717) is 12.6 Å². The Morgan fingerprint density at radius 1 is 1.30 bits per heavy atom. The second-order valence-electron chi connectivity index (χ2n) is 5.31. The SMILES string of the molecule is CCOc1ccc(NC(C)C(=O)NC2CCCC2)cc1. The summed E-state index contributed by atoms with van der Waals surface area (Å²) in [4.78, 5) is 12.1. The summed E-state index contributed by atoms with van der Waals surface area (Å²) in [5.41, 5.74) is 0.933. The van der Waals surface area contributed by atoms with Crippen molar-refractivity contribution < 1.29 is 9.53 Å². The molecule has 2 N–H and O–H groups in total. The zero-order valence-electron chi connectivity index (χ0n) is 12.3. The fourth-order valence-corrected chi connectivity index (χ4v) is 2.53. The van der Waals surface area contributed by atoms with Crippen molar-refractivity contribution in [2.75, 3.05) is 11.9 Å². The third-order valence-corrected chi connectivity index (χ3v) is 3.64. The number of benzene rings is 1. The second-order valence-corrected chi connectivity index (χ2v) is 5.31. The van der Waals surface area contributed by atoms with Crippen LogP contribution in [0.2, 0.25) is 0 Å². The number of ether oxygens (including phenoxy) is 1. The molecule has 0 spiro atoms. The maximum atomic E-state index is 12.1. The maximum Gasteiger partial charge on any atom is 0.242 e. The third-order valence-electron chi connectivity index (χ3n) is 3.64. The van der Waals surface area contributed by atoms with Crippen molar-refractivity contribution in [3.05, 3.63) is 24.3 Å². The molecule has 1 aliphatic rings. The summed E-state index contributed by atoms with van der Waals surface area (Å²) in [6, 6.07) is 7.83. The number of amides is 1. The van der Waals surface area contributed by atoms with E-state index >= 15 is 0 Å². The average molecular weight is 276 g/mol. The molecule has 1 atom stereocenters. The molecule has 0 heterocycles. The van der Waals surface area contributed by atoms with Crippen molar-refractivity contribution in [3.63, 3.8) is 0 Å². The molecule has 1 amide bonds. The molecule has 0 saturated heterocycles. The highest BCUT2D eigenvalue weighted by molar-refractivity contribution is 5.84. The number of hydrogen-bond donors (Lipinski definition) is 2. The second kappa shape index (κ2) is 7.17. The summed E-state index contributed by atoms with van der Waals surface area (Å²) < 4.78 is 5.39. The zero-order valence-corrected chi connectivity index (χ0v) is 12.3. The van der Waals surface area contributed by atoms with E-state index in [4.69, 9.17) is 4.74 Å².